The van der Waals surface area contributed by atoms with Gasteiger partial charge in [-0.15, -0.1) is 0 Å². The van der Waals surface area contributed by atoms with Crippen molar-refractivity contribution in [2.24, 2.45) is 0 Å². The van der Waals surface area contributed by atoms with Crippen molar-refractivity contribution in [1.82, 2.24) is 0 Å². The Morgan fingerprint density at radius 2 is 2.27 bits per heavy atom. The number of nitrogens with two attached hydrogens (primary N) is 1. The summed E-state index contributed by atoms with van der Waals surface area (Å²) in [6, 6.07) is 5.47. The fraction of sp³-hybridized carbons (Fsp3) is 0.250. The smallest absolute Gasteiger partial charge is 0.0713 e. The van der Waals surface area contributed by atoms with Crippen molar-refractivity contribution in [2.45, 2.75) is 6.61 Å². The molecule has 0 aliphatic rings. The van der Waals surface area contributed by atoms with Crippen molar-refractivity contribution in [3.05, 3.63) is 28.8 Å². The molecule has 2 nitrogen and oxygen atoms in total. The van der Waals surface area contributed by atoms with E-state index < -0.39 is 0 Å². The van der Waals surface area contributed by atoms with Crippen LogP contribution in [-0.4, -0.2) is 7.11 Å². The van der Waals surface area contributed by atoms with Crippen LogP contribution in [0.25, 0.3) is 0 Å². The number of benzene rings is 1. The van der Waals surface area contributed by atoms with Gasteiger partial charge in [0.05, 0.1) is 17.3 Å². The molecule has 0 fully saturated rings. The summed E-state index contributed by atoms with van der Waals surface area (Å²) in [5.41, 5.74) is 7.15. The zero-order valence-corrected chi connectivity index (χ0v) is 7.06. The van der Waals surface area contributed by atoms with E-state index in [-0.39, 0.29) is 0 Å². The second kappa shape index (κ2) is 3.60. The Hall–Kier alpha value is -0.730. The maximum atomic E-state index is 5.77. The van der Waals surface area contributed by atoms with Crippen LogP contribution in [-0.2, 0) is 11.3 Å². The van der Waals surface area contributed by atoms with Gasteiger partial charge in [0, 0.05) is 7.11 Å². The lowest BCUT2D eigenvalue weighted by atomic mass is 10.2. The lowest BCUT2D eigenvalue weighted by Crippen LogP contribution is -1.90. The van der Waals surface area contributed by atoms with E-state index in [9.17, 15) is 0 Å². The summed E-state index contributed by atoms with van der Waals surface area (Å²) in [5.74, 6) is 0. The zero-order valence-electron chi connectivity index (χ0n) is 6.30. The van der Waals surface area contributed by atoms with Gasteiger partial charge in [0.25, 0.3) is 0 Å². The van der Waals surface area contributed by atoms with E-state index in [4.69, 9.17) is 22.1 Å². The molecule has 0 aromatic heterocycles. The molecule has 0 spiro atoms. The van der Waals surface area contributed by atoms with Gasteiger partial charge in [0.15, 0.2) is 0 Å². The fourth-order valence-electron chi connectivity index (χ4n) is 0.827. The number of hydrogen-bond acceptors (Lipinski definition) is 2. The summed E-state index contributed by atoms with van der Waals surface area (Å²) in [6.45, 7) is 0.569. The van der Waals surface area contributed by atoms with E-state index in [0.29, 0.717) is 17.3 Å². The molecule has 1 aromatic carbocycles. The molecule has 3 heteroatoms. The fourth-order valence-corrected chi connectivity index (χ4v) is 1.03. The Morgan fingerprint density at radius 1 is 1.55 bits per heavy atom. The van der Waals surface area contributed by atoms with Gasteiger partial charge in [-0.25, -0.2) is 0 Å². The first-order valence-electron chi connectivity index (χ1n) is 3.27. The molecule has 0 saturated carbocycles. The van der Waals surface area contributed by atoms with Crippen LogP contribution in [0.15, 0.2) is 18.2 Å². The number of methoxy groups -OCH3 is 1. The van der Waals surface area contributed by atoms with Crippen LogP contribution in [0.4, 0.5) is 5.69 Å². The number of nitrogen functional groups attached to an aromatic ring is 1. The Labute approximate surface area is 70.9 Å². The van der Waals surface area contributed by atoms with Crippen LogP contribution in [0.3, 0.4) is 0 Å². The van der Waals surface area contributed by atoms with E-state index >= 15 is 0 Å². The quantitative estimate of drug-likeness (QED) is 0.692. The van der Waals surface area contributed by atoms with Gasteiger partial charge in [0.2, 0.25) is 0 Å². The van der Waals surface area contributed by atoms with Gasteiger partial charge in [0.1, 0.15) is 0 Å². The van der Waals surface area contributed by atoms with Crippen LogP contribution in [0.1, 0.15) is 5.56 Å². The Balaban J connectivity index is 2.86. The van der Waals surface area contributed by atoms with Gasteiger partial charge >= 0.3 is 0 Å². The molecule has 0 radical (unpaired) electrons. The first-order chi connectivity index (χ1) is 5.24. The summed E-state index contributed by atoms with van der Waals surface area (Å²) in [6.07, 6.45) is 0. The molecular weight excluding hydrogens is 162 g/mol. The molecule has 0 bridgehead atoms. The number of hydrogen-bond donors (Lipinski definition) is 1. The molecule has 0 saturated heterocycles. The highest BCUT2D eigenvalue weighted by molar-refractivity contribution is 6.33. The highest BCUT2D eigenvalue weighted by atomic mass is 35.5. The zero-order chi connectivity index (χ0) is 8.27. The van der Waals surface area contributed by atoms with Crippen LogP contribution in [0, 0.1) is 0 Å². The summed E-state index contributed by atoms with van der Waals surface area (Å²) >= 11 is 5.77. The highest BCUT2D eigenvalue weighted by Crippen LogP contribution is 2.19. The second-order valence-corrected chi connectivity index (χ2v) is 2.70. The van der Waals surface area contributed by atoms with Gasteiger partial charge in [-0.05, 0) is 17.7 Å². The summed E-state index contributed by atoms with van der Waals surface area (Å²) in [4.78, 5) is 0. The molecule has 60 valence electrons. The third kappa shape index (κ3) is 2.10. The van der Waals surface area contributed by atoms with E-state index in [0.717, 1.165) is 5.56 Å². The normalized spacial score (nSPS) is 10.0. The van der Waals surface area contributed by atoms with E-state index in [2.05, 4.69) is 0 Å². The summed E-state index contributed by atoms with van der Waals surface area (Å²) in [7, 11) is 1.64. The Kier molecular flexibility index (Phi) is 2.74. The second-order valence-electron chi connectivity index (χ2n) is 2.29. The molecule has 0 aliphatic heterocycles. The third-order valence-corrected chi connectivity index (χ3v) is 1.70. The Morgan fingerprint density at radius 3 is 2.82 bits per heavy atom. The minimum Gasteiger partial charge on any atom is -0.398 e. The lowest BCUT2D eigenvalue weighted by molar-refractivity contribution is 0.185. The minimum atomic E-state index is 0.569. The van der Waals surface area contributed by atoms with Crippen molar-refractivity contribution in [3.63, 3.8) is 0 Å². The third-order valence-electron chi connectivity index (χ3n) is 1.38. The summed E-state index contributed by atoms with van der Waals surface area (Å²) < 4.78 is 4.92. The van der Waals surface area contributed by atoms with Crippen LogP contribution < -0.4 is 5.73 Å². The monoisotopic (exact) mass is 171 g/mol. The van der Waals surface area contributed by atoms with Crippen molar-refractivity contribution in [3.8, 4) is 0 Å². The van der Waals surface area contributed by atoms with Gasteiger partial charge in [-0.2, -0.15) is 0 Å². The molecule has 11 heavy (non-hydrogen) atoms. The topological polar surface area (TPSA) is 35.2 Å². The number of halogens is 1. The first-order valence-corrected chi connectivity index (χ1v) is 3.64. The van der Waals surface area contributed by atoms with Crippen molar-refractivity contribution in [2.75, 3.05) is 12.8 Å². The molecule has 1 aromatic rings. The predicted molar refractivity (Wildman–Crippen MR) is 46.6 cm³/mol. The van der Waals surface area contributed by atoms with Crippen molar-refractivity contribution in [1.29, 1.82) is 0 Å². The molecule has 0 atom stereocenters. The largest absolute Gasteiger partial charge is 0.398 e. The molecule has 0 unspecified atom stereocenters. The standard InChI is InChI=1S/C8H10ClNO/c1-11-5-6-2-3-8(10)7(9)4-6/h2-4H,5,10H2,1H3. The molecule has 1 rings (SSSR count). The SMILES string of the molecule is COCc1ccc(N)c(Cl)c1. The van der Waals surface area contributed by atoms with Gasteiger partial charge in [-0.1, -0.05) is 17.7 Å². The maximum Gasteiger partial charge on any atom is 0.0713 e. The number of rotatable bonds is 2. The van der Waals surface area contributed by atoms with Gasteiger partial charge in [-0.3, -0.25) is 0 Å². The van der Waals surface area contributed by atoms with E-state index in [1.807, 2.05) is 6.07 Å². The minimum absolute atomic E-state index is 0.569. The molecule has 0 amide bonds. The van der Waals surface area contributed by atoms with Crippen LogP contribution in [0.5, 0.6) is 0 Å². The molecule has 0 aliphatic carbocycles. The van der Waals surface area contributed by atoms with E-state index in [1.54, 1.807) is 19.2 Å². The molecular formula is C8H10ClNO. The average molecular weight is 172 g/mol. The Bertz CT molecular complexity index is 250. The maximum absolute atomic E-state index is 5.77. The average Bonchev–Trinajstić information content (AvgIpc) is 1.98. The predicted octanol–water partition coefficient (Wildman–Crippen LogP) is 2.07. The number of anilines is 1. The van der Waals surface area contributed by atoms with E-state index in [1.165, 1.54) is 0 Å². The van der Waals surface area contributed by atoms with Crippen LogP contribution >= 0.6 is 11.6 Å². The van der Waals surface area contributed by atoms with Crippen LogP contribution in [0.2, 0.25) is 5.02 Å². The van der Waals surface area contributed by atoms with Gasteiger partial charge < -0.3 is 10.5 Å². The summed E-state index contributed by atoms with van der Waals surface area (Å²) in [5, 5.41) is 0.583. The number of ether oxygens (including phenoxy) is 1. The van der Waals surface area contributed by atoms with Crippen molar-refractivity contribution < 1.29 is 4.74 Å². The first kappa shape index (κ1) is 8.37. The molecule has 2 N–H and O–H groups in total. The highest BCUT2D eigenvalue weighted by Gasteiger charge is 1.96. The van der Waals surface area contributed by atoms with Crippen molar-refractivity contribution >= 4 is 17.3 Å². The molecule has 0 heterocycles. The lowest BCUT2D eigenvalue weighted by Gasteiger charge is -2.01.